The smallest absolute Gasteiger partial charge is 0.230 e. The summed E-state index contributed by atoms with van der Waals surface area (Å²) in [5.41, 5.74) is 2.99. The summed E-state index contributed by atoms with van der Waals surface area (Å²) in [7, 11) is 0. The Bertz CT molecular complexity index is 918. The molecule has 1 amide bonds. The number of aromatic nitrogens is 2. The van der Waals surface area contributed by atoms with Crippen LogP contribution in [0.5, 0.6) is 0 Å². The van der Waals surface area contributed by atoms with Crippen LogP contribution in [0.3, 0.4) is 0 Å². The molecule has 4 nitrogen and oxygen atoms in total. The van der Waals surface area contributed by atoms with E-state index in [-0.39, 0.29) is 17.7 Å². The molecule has 1 saturated carbocycles. The molecule has 2 atom stereocenters. The van der Waals surface area contributed by atoms with E-state index in [1.165, 1.54) is 0 Å². The first kappa shape index (κ1) is 15.2. The van der Waals surface area contributed by atoms with Crippen LogP contribution in [-0.2, 0) is 11.3 Å². The predicted octanol–water partition coefficient (Wildman–Crippen LogP) is 4.45. The molecule has 1 aliphatic rings. The van der Waals surface area contributed by atoms with E-state index in [2.05, 4.69) is 10.3 Å². The number of halogens is 1. The molecule has 0 radical (unpaired) electrons. The van der Waals surface area contributed by atoms with Crippen molar-refractivity contribution in [3.63, 3.8) is 0 Å². The van der Waals surface area contributed by atoms with Crippen LogP contribution >= 0.6 is 11.6 Å². The number of hydrogen-bond acceptors (Lipinski definition) is 2. The lowest BCUT2D eigenvalue weighted by Gasteiger charge is -2.08. The monoisotopic (exact) mass is 339 g/mol. The molecule has 4 rings (SSSR count). The molecular formula is C19H18ClN3O. The first-order valence-electron chi connectivity index (χ1n) is 8.19. The Morgan fingerprint density at radius 3 is 2.79 bits per heavy atom. The van der Waals surface area contributed by atoms with Gasteiger partial charge >= 0.3 is 0 Å². The van der Waals surface area contributed by atoms with Crippen LogP contribution in [0.4, 0.5) is 5.95 Å². The number of fused-ring (bicyclic) bond motifs is 1. The number of anilines is 1. The van der Waals surface area contributed by atoms with Gasteiger partial charge in [-0.3, -0.25) is 10.1 Å². The first-order valence-corrected chi connectivity index (χ1v) is 8.57. The molecule has 0 aliphatic heterocycles. The average Bonchev–Trinajstić information content (AvgIpc) is 3.30. The number of amides is 1. The molecule has 2 aromatic carbocycles. The molecule has 1 fully saturated rings. The molecule has 3 aromatic rings. The minimum Gasteiger partial charge on any atom is -0.310 e. The molecule has 5 heteroatoms. The highest BCUT2D eigenvalue weighted by Gasteiger charge is 2.45. The van der Waals surface area contributed by atoms with Crippen molar-refractivity contribution >= 4 is 34.5 Å². The van der Waals surface area contributed by atoms with Crippen molar-refractivity contribution in [2.45, 2.75) is 25.8 Å². The van der Waals surface area contributed by atoms with E-state index in [0.29, 0.717) is 5.95 Å². The van der Waals surface area contributed by atoms with E-state index in [9.17, 15) is 4.79 Å². The van der Waals surface area contributed by atoms with Gasteiger partial charge < -0.3 is 4.57 Å². The van der Waals surface area contributed by atoms with E-state index in [0.717, 1.165) is 34.6 Å². The van der Waals surface area contributed by atoms with Crippen molar-refractivity contribution in [1.29, 1.82) is 0 Å². The van der Waals surface area contributed by atoms with E-state index < -0.39 is 0 Å². The third kappa shape index (κ3) is 2.57. The fourth-order valence-corrected chi connectivity index (χ4v) is 3.57. The Hall–Kier alpha value is -2.33. The van der Waals surface area contributed by atoms with Gasteiger partial charge in [-0.25, -0.2) is 4.98 Å². The number of hydrogen-bond donors (Lipinski definition) is 1. The third-order valence-electron chi connectivity index (χ3n) is 4.64. The molecule has 0 spiro atoms. The topological polar surface area (TPSA) is 46.9 Å². The van der Waals surface area contributed by atoms with E-state index >= 15 is 0 Å². The summed E-state index contributed by atoms with van der Waals surface area (Å²) in [4.78, 5) is 17.2. The van der Waals surface area contributed by atoms with Gasteiger partial charge in [-0.2, -0.15) is 0 Å². The minimum absolute atomic E-state index is 0.0184. The zero-order chi connectivity index (χ0) is 16.7. The molecule has 0 saturated heterocycles. The standard InChI is InChI=1S/C19H18ClN3O/c1-2-23-17-10-6-5-9-16(17)21-19(23)22-18(24)14-11-13(14)12-7-3-4-8-15(12)20/h3-10,13-14H,2,11H2,1H3,(H,21,22,24). The van der Waals surface area contributed by atoms with Crippen LogP contribution in [0.1, 0.15) is 24.8 Å². The average molecular weight is 340 g/mol. The van der Waals surface area contributed by atoms with Gasteiger partial charge in [0.1, 0.15) is 0 Å². The lowest BCUT2D eigenvalue weighted by molar-refractivity contribution is -0.117. The maximum Gasteiger partial charge on any atom is 0.230 e. The van der Waals surface area contributed by atoms with Crippen molar-refractivity contribution in [2.75, 3.05) is 5.32 Å². The molecule has 1 aliphatic carbocycles. The second-order valence-electron chi connectivity index (χ2n) is 6.13. The van der Waals surface area contributed by atoms with Gasteiger partial charge in [0.15, 0.2) is 0 Å². The van der Waals surface area contributed by atoms with E-state index in [1.807, 2.05) is 60.0 Å². The normalized spacial score (nSPS) is 19.4. The number of para-hydroxylation sites is 2. The molecule has 2 unspecified atom stereocenters. The lowest BCUT2D eigenvalue weighted by Crippen LogP contribution is -2.18. The largest absolute Gasteiger partial charge is 0.310 e. The zero-order valence-corrected chi connectivity index (χ0v) is 14.1. The first-order chi connectivity index (χ1) is 11.7. The summed E-state index contributed by atoms with van der Waals surface area (Å²) >= 11 is 6.24. The number of benzene rings is 2. The summed E-state index contributed by atoms with van der Waals surface area (Å²) in [6.07, 6.45) is 0.835. The van der Waals surface area contributed by atoms with E-state index in [1.54, 1.807) is 0 Å². The SMILES string of the molecule is CCn1c(NC(=O)C2CC2c2ccccc2Cl)nc2ccccc21. The van der Waals surface area contributed by atoms with Gasteiger partial charge in [0.2, 0.25) is 11.9 Å². The Balaban J connectivity index is 1.55. The van der Waals surface area contributed by atoms with Gasteiger partial charge in [-0.1, -0.05) is 41.9 Å². The third-order valence-corrected chi connectivity index (χ3v) is 4.98. The Labute approximate surface area is 145 Å². The molecular weight excluding hydrogens is 322 g/mol. The number of nitrogens with one attached hydrogen (secondary N) is 1. The second-order valence-corrected chi connectivity index (χ2v) is 6.54. The van der Waals surface area contributed by atoms with Gasteiger partial charge in [-0.05, 0) is 43.0 Å². The molecule has 1 aromatic heterocycles. The maximum absolute atomic E-state index is 12.6. The van der Waals surface area contributed by atoms with Crippen molar-refractivity contribution in [3.8, 4) is 0 Å². The Kier molecular flexibility index (Phi) is 3.77. The number of rotatable bonds is 4. The van der Waals surface area contributed by atoms with Gasteiger partial charge in [0.25, 0.3) is 0 Å². The van der Waals surface area contributed by atoms with Gasteiger partial charge in [0, 0.05) is 17.5 Å². The predicted molar refractivity (Wildman–Crippen MR) is 96.3 cm³/mol. The highest BCUT2D eigenvalue weighted by molar-refractivity contribution is 6.31. The molecule has 1 heterocycles. The van der Waals surface area contributed by atoms with Crippen LogP contribution in [0, 0.1) is 5.92 Å². The number of aryl methyl sites for hydroxylation is 1. The summed E-state index contributed by atoms with van der Waals surface area (Å²) in [5.74, 6) is 0.812. The minimum atomic E-state index is -0.0324. The van der Waals surface area contributed by atoms with Crippen molar-refractivity contribution < 1.29 is 4.79 Å². The van der Waals surface area contributed by atoms with Crippen LogP contribution in [-0.4, -0.2) is 15.5 Å². The summed E-state index contributed by atoms with van der Waals surface area (Å²) < 4.78 is 2.03. The number of carbonyl (C=O) groups is 1. The Morgan fingerprint density at radius 1 is 1.25 bits per heavy atom. The fraction of sp³-hybridized carbons (Fsp3) is 0.263. The molecule has 0 bridgehead atoms. The summed E-state index contributed by atoms with van der Waals surface area (Å²) in [6.45, 7) is 2.81. The van der Waals surface area contributed by atoms with Crippen molar-refractivity contribution in [3.05, 3.63) is 59.1 Å². The van der Waals surface area contributed by atoms with Crippen LogP contribution in [0.2, 0.25) is 5.02 Å². The molecule has 122 valence electrons. The Morgan fingerprint density at radius 2 is 2.00 bits per heavy atom. The summed E-state index contributed by atoms with van der Waals surface area (Å²) in [5, 5.41) is 3.74. The second kappa shape index (κ2) is 5.95. The van der Waals surface area contributed by atoms with Gasteiger partial charge in [-0.15, -0.1) is 0 Å². The maximum atomic E-state index is 12.6. The van der Waals surface area contributed by atoms with E-state index in [4.69, 9.17) is 11.6 Å². The lowest BCUT2D eigenvalue weighted by atomic mass is 10.1. The number of carbonyl (C=O) groups excluding carboxylic acids is 1. The quantitative estimate of drug-likeness (QED) is 0.763. The number of nitrogens with zero attached hydrogens (tertiary/aromatic N) is 2. The molecule has 1 N–H and O–H groups in total. The van der Waals surface area contributed by atoms with Gasteiger partial charge in [0.05, 0.1) is 11.0 Å². The highest BCUT2D eigenvalue weighted by atomic mass is 35.5. The van der Waals surface area contributed by atoms with Crippen LogP contribution < -0.4 is 5.32 Å². The summed E-state index contributed by atoms with van der Waals surface area (Å²) in [6, 6.07) is 15.7. The highest BCUT2D eigenvalue weighted by Crippen LogP contribution is 2.50. The van der Waals surface area contributed by atoms with Crippen LogP contribution in [0.25, 0.3) is 11.0 Å². The molecule has 24 heavy (non-hydrogen) atoms. The zero-order valence-electron chi connectivity index (χ0n) is 13.4. The van der Waals surface area contributed by atoms with Crippen LogP contribution in [0.15, 0.2) is 48.5 Å². The van der Waals surface area contributed by atoms with Crippen molar-refractivity contribution in [1.82, 2.24) is 9.55 Å². The fourth-order valence-electron chi connectivity index (χ4n) is 3.30. The van der Waals surface area contributed by atoms with Crippen molar-refractivity contribution in [2.24, 2.45) is 5.92 Å². The number of imidazole rings is 1.